The summed E-state index contributed by atoms with van der Waals surface area (Å²) in [5.74, 6) is 0.326. The quantitative estimate of drug-likeness (QED) is 0.475. The van der Waals surface area contributed by atoms with Crippen molar-refractivity contribution in [2.75, 3.05) is 0 Å². The van der Waals surface area contributed by atoms with Crippen molar-refractivity contribution in [1.29, 1.82) is 0 Å². The van der Waals surface area contributed by atoms with Crippen molar-refractivity contribution in [2.45, 2.75) is 41.4 Å². The second kappa shape index (κ2) is 5.19. The SMILES string of the molecule is O=[N+]([O-])C1CCC(c2nnc(C(Cl)(Cl)Cl)o2)CC1. The van der Waals surface area contributed by atoms with E-state index in [0.29, 0.717) is 31.6 Å². The van der Waals surface area contributed by atoms with Gasteiger partial charge < -0.3 is 4.42 Å². The summed E-state index contributed by atoms with van der Waals surface area (Å²) >= 11 is 16.9. The maximum absolute atomic E-state index is 10.6. The van der Waals surface area contributed by atoms with E-state index >= 15 is 0 Å². The van der Waals surface area contributed by atoms with Crippen LogP contribution < -0.4 is 0 Å². The highest BCUT2D eigenvalue weighted by molar-refractivity contribution is 6.66. The highest BCUT2D eigenvalue weighted by atomic mass is 35.6. The van der Waals surface area contributed by atoms with Gasteiger partial charge in [0.05, 0.1) is 0 Å². The third-order valence-corrected chi connectivity index (χ3v) is 3.51. The average Bonchev–Trinajstić information content (AvgIpc) is 2.78. The monoisotopic (exact) mass is 313 g/mol. The summed E-state index contributed by atoms with van der Waals surface area (Å²) in [6, 6.07) is -0.475. The predicted molar refractivity (Wildman–Crippen MR) is 65.5 cm³/mol. The topological polar surface area (TPSA) is 82.1 Å². The highest BCUT2D eigenvalue weighted by Gasteiger charge is 2.35. The zero-order chi connectivity index (χ0) is 13.3. The Hall–Kier alpha value is -0.590. The first-order valence-corrected chi connectivity index (χ1v) is 6.55. The van der Waals surface area contributed by atoms with Crippen LogP contribution in [-0.2, 0) is 3.79 Å². The Morgan fingerprint density at radius 2 is 1.83 bits per heavy atom. The Kier molecular flexibility index (Phi) is 3.99. The summed E-state index contributed by atoms with van der Waals surface area (Å²) in [6.45, 7) is 0. The third-order valence-electron chi connectivity index (χ3n) is 3.03. The van der Waals surface area contributed by atoms with Crippen molar-refractivity contribution in [3.05, 3.63) is 21.9 Å². The van der Waals surface area contributed by atoms with Gasteiger partial charge in [-0.05, 0) is 12.8 Å². The lowest BCUT2D eigenvalue weighted by Crippen LogP contribution is -2.25. The Morgan fingerprint density at radius 1 is 1.22 bits per heavy atom. The van der Waals surface area contributed by atoms with Gasteiger partial charge in [-0.15, -0.1) is 10.2 Å². The minimum Gasteiger partial charge on any atom is -0.421 e. The Morgan fingerprint density at radius 3 is 2.28 bits per heavy atom. The molecule has 0 saturated heterocycles. The van der Waals surface area contributed by atoms with Crippen LogP contribution in [0.5, 0.6) is 0 Å². The minimum absolute atomic E-state index is 0.00907. The molecular weight excluding hydrogens is 304 g/mol. The standard InChI is InChI=1S/C9H10Cl3N3O3/c10-9(11,12)8-14-13-7(18-8)5-1-3-6(4-2-5)15(16)17/h5-6H,1-4H2. The Balaban J connectivity index is 2.02. The lowest BCUT2D eigenvalue weighted by molar-refractivity contribution is -0.526. The smallest absolute Gasteiger partial charge is 0.268 e. The highest BCUT2D eigenvalue weighted by Crippen LogP contribution is 2.39. The molecule has 1 aliphatic rings. The van der Waals surface area contributed by atoms with Gasteiger partial charge in [0.15, 0.2) is 0 Å². The molecule has 18 heavy (non-hydrogen) atoms. The molecule has 0 amide bonds. The van der Waals surface area contributed by atoms with Gasteiger partial charge in [-0.25, -0.2) is 0 Å². The molecule has 1 fully saturated rings. The van der Waals surface area contributed by atoms with Gasteiger partial charge in [-0.1, -0.05) is 34.8 Å². The molecule has 0 atom stereocenters. The van der Waals surface area contributed by atoms with Gasteiger partial charge in [0.1, 0.15) is 0 Å². The molecule has 1 aromatic rings. The van der Waals surface area contributed by atoms with Gasteiger partial charge in [0.2, 0.25) is 11.9 Å². The summed E-state index contributed by atoms with van der Waals surface area (Å²) in [5.41, 5.74) is 0. The maximum Gasteiger partial charge on any atom is 0.268 e. The number of nitrogens with zero attached hydrogens (tertiary/aromatic N) is 3. The zero-order valence-electron chi connectivity index (χ0n) is 9.18. The fourth-order valence-electron chi connectivity index (χ4n) is 2.05. The van der Waals surface area contributed by atoms with Crippen LogP contribution in [0.1, 0.15) is 43.4 Å². The molecule has 6 nitrogen and oxygen atoms in total. The van der Waals surface area contributed by atoms with Crippen molar-refractivity contribution < 1.29 is 9.34 Å². The van der Waals surface area contributed by atoms with Gasteiger partial charge >= 0.3 is 0 Å². The normalized spacial score (nSPS) is 25.1. The number of hydrogen-bond donors (Lipinski definition) is 0. The van der Waals surface area contributed by atoms with Crippen LogP contribution in [0.15, 0.2) is 4.42 Å². The van der Waals surface area contributed by atoms with Crippen LogP contribution in [0.2, 0.25) is 0 Å². The average molecular weight is 315 g/mol. The summed E-state index contributed by atoms with van der Waals surface area (Å²) in [5, 5.41) is 18.1. The molecule has 0 bridgehead atoms. The predicted octanol–water partition coefficient (Wildman–Crippen LogP) is 3.20. The summed E-state index contributed by atoms with van der Waals surface area (Å²) < 4.78 is 3.56. The molecule has 0 aromatic carbocycles. The molecule has 1 saturated carbocycles. The molecule has 1 aliphatic carbocycles. The maximum atomic E-state index is 10.6. The molecule has 2 rings (SSSR count). The molecule has 0 unspecified atom stereocenters. The van der Waals surface area contributed by atoms with Crippen LogP contribution in [0.3, 0.4) is 0 Å². The number of rotatable bonds is 2. The van der Waals surface area contributed by atoms with Gasteiger partial charge in [0.25, 0.3) is 9.68 Å². The first-order chi connectivity index (χ1) is 8.38. The molecule has 0 N–H and O–H groups in total. The van der Waals surface area contributed by atoms with Crippen LogP contribution in [0.25, 0.3) is 0 Å². The van der Waals surface area contributed by atoms with Crippen LogP contribution >= 0.6 is 34.8 Å². The Labute approximate surface area is 118 Å². The summed E-state index contributed by atoms with van der Waals surface area (Å²) in [7, 11) is 0. The second-order valence-electron chi connectivity index (χ2n) is 4.23. The van der Waals surface area contributed by atoms with Gasteiger partial charge in [0, 0.05) is 23.7 Å². The number of hydrogen-bond acceptors (Lipinski definition) is 5. The van der Waals surface area contributed by atoms with E-state index in [1.54, 1.807) is 0 Å². The Bertz CT molecular complexity index is 438. The number of aromatic nitrogens is 2. The van der Waals surface area contributed by atoms with E-state index in [9.17, 15) is 10.1 Å². The van der Waals surface area contributed by atoms with Crippen molar-refractivity contribution in [3.8, 4) is 0 Å². The van der Waals surface area contributed by atoms with E-state index in [0.717, 1.165) is 0 Å². The summed E-state index contributed by atoms with van der Waals surface area (Å²) in [4.78, 5) is 10.4. The molecule has 0 radical (unpaired) electrons. The van der Waals surface area contributed by atoms with Crippen molar-refractivity contribution in [2.24, 2.45) is 0 Å². The first kappa shape index (κ1) is 13.8. The van der Waals surface area contributed by atoms with Crippen molar-refractivity contribution in [3.63, 3.8) is 0 Å². The lowest BCUT2D eigenvalue weighted by atomic mass is 9.86. The van der Waals surface area contributed by atoms with E-state index < -0.39 is 9.83 Å². The number of alkyl halides is 3. The first-order valence-electron chi connectivity index (χ1n) is 5.42. The van der Waals surface area contributed by atoms with E-state index in [-0.39, 0.29) is 16.7 Å². The number of halogens is 3. The van der Waals surface area contributed by atoms with Crippen molar-refractivity contribution in [1.82, 2.24) is 10.2 Å². The molecule has 9 heteroatoms. The van der Waals surface area contributed by atoms with Gasteiger partial charge in [-0.3, -0.25) is 10.1 Å². The molecule has 100 valence electrons. The van der Waals surface area contributed by atoms with Crippen LogP contribution in [0.4, 0.5) is 0 Å². The van der Waals surface area contributed by atoms with Crippen molar-refractivity contribution >= 4 is 34.8 Å². The number of nitro groups is 1. The largest absolute Gasteiger partial charge is 0.421 e. The third kappa shape index (κ3) is 3.05. The van der Waals surface area contributed by atoms with E-state index in [2.05, 4.69) is 10.2 Å². The molecule has 0 aliphatic heterocycles. The zero-order valence-corrected chi connectivity index (χ0v) is 11.5. The molecular formula is C9H10Cl3N3O3. The summed E-state index contributed by atoms with van der Waals surface area (Å²) in [6.07, 6.45) is 2.27. The fourth-order valence-corrected chi connectivity index (χ4v) is 2.28. The fraction of sp³-hybridized carbons (Fsp3) is 0.778. The van der Waals surface area contributed by atoms with Crippen LogP contribution in [0, 0.1) is 10.1 Å². The second-order valence-corrected chi connectivity index (χ2v) is 6.52. The van der Waals surface area contributed by atoms with Gasteiger partial charge in [-0.2, -0.15) is 0 Å². The molecule has 1 aromatic heterocycles. The van der Waals surface area contributed by atoms with E-state index in [1.807, 2.05) is 0 Å². The van der Waals surface area contributed by atoms with Crippen LogP contribution in [-0.4, -0.2) is 21.2 Å². The molecule has 0 spiro atoms. The lowest BCUT2D eigenvalue weighted by Gasteiger charge is -2.20. The minimum atomic E-state index is -1.73. The van der Waals surface area contributed by atoms with E-state index in [1.165, 1.54) is 0 Å². The van der Waals surface area contributed by atoms with E-state index in [4.69, 9.17) is 39.2 Å². The molecule has 1 heterocycles.